The molecule has 0 aromatic heterocycles. The first-order valence-corrected chi connectivity index (χ1v) is 7.40. The molecule has 1 fully saturated rings. The molecule has 3 N–H and O–H groups in total. The molecule has 5 heteroatoms. The van der Waals surface area contributed by atoms with Crippen LogP contribution in [0.1, 0.15) is 38.1 Å². The summed E-state index contributed by atoms with van der Waals surface area (Å²) in [6.45, 7) is 8.08. The van der Waals surface area contributed by atoms with Gasteiger partial charge in [0.25, 0.3) is 5.91 Å². The van der Waals surface area contributed by atoms with Crippen LogP contribution in [0.4, 0.5) is 4.39 Å². The molecule has 110 valence electrons. The lowest BCUT2D eigenvalue weighted by molar-refractivity contribution is -0.0664. The lowest BCUT2D eigenvalue weighted by atomic mass is 9.48. The van der Waals surface area contributed by atoms with E-state index in [1.807, 2.05) is 27.7 Å². The lowest BCUT2D eigenvalue weighted by Gasteiger charge is -2.62. The van der Waals surface area contributed by atoms with E-state index in [9.17, 15) is 9.18 Å². The lowest BCUT2D eigenvalue weighted by Crippen LogP contribution is -2.76. The van der Waals surface area contributed by atoms with Crippen LogP contribution in [0.2, 0.25) is 0 Å². The van der Waals surface area contributed by atoms with Crippen molar-refractivity contribution < 1.29 is 9.18 Å². The molecule has 2 rings (SSSR count). The summed E-state index contributed by atoms with van der Waals surface area (Å²) in [4.78, 5) is 12.3. The Labute approximate surface area is 127 Å². The molecular weight excluding hydrogens is 323 g/mol. The van der Waals surface area contributed by atoms with Crippen molar-refractivity contribution in [1.82, 2.24) is 5.32 Å². The van der Waals surface area contributed by atoms with Crippen molar-refractivity contribution in [2.24, 2.45) is 16.6 Å². The molecule has 1 saturated carbocycles. The van der Waals surface area contributed by atoms with Crippen LogP contribution in [-0.2, 0) is 0 Å². The summed E-state index contributed by atoms with van der Waals surface area (Å²) < 4.78 is 14.2. The van der Waals surface area contributed by atoms with Gasteiger partial charge in [0.1, 0.15) is 5.82 Å². The largest absolute Gasteiger partial charge is 0.348 e. The predicted molar refractivity (Wildman–Crippen MR) is 80.9 cm³/mol. The second-order valence-corrected chi connectivity index (χ2v) is 7.48. The highest BCUT2D eigenvalue weighted by molar-refractivity contribution is 9.10. The quantitative estimate of drug-likeness (QED) is 0.867. The molecule has 0 saturated heterocycles. The third-order valence-electron chi connectivity index (χ3n) is 4.56. The molecule has 0 atom stereocenters. The van der Waals surface area contributed by atoms with Crippen molar-refractivity contribution in [2.45, 2.75) is 39.8 Å². The molecule has 1 aromatic carbocycles. The fourth-order valence-corrected chi connectivity index (χ4v) is 3.81. The fourth-order valence-electron chi connectivity index (χ4n) is 3.44. The van der Waals surface area contributed by atoms with E-state index in [1.54, 1.807) is 12.1 Å². The minimum atomic E-state index is -0.538. The van der Waals surface area contributed by atoms with Crippen LogP contribution < -0.4 is 11.1 Å². The molecule has 0 unspecified atom stereocenters. The molecule has 1 aliphatic carbocycles. The third kappa shape index (κ3) is 2.17. The maximum Gasteiger partial charge on any atom is 0.254 e. The molecule has 0 aliphatic heterocycles. The van der Waals surface area contributed by atoms with Crippen LogP contribution in [0.25, 0.3) is 0 Å². The molecule has 0 heterocycles. The molecule has 3 nitrogen and oxygen atoms in total. The van der Waals surface area contributed by atoms with Gasteiger partial charge in [0.05, 0.1) is 10.0 Å². The van der Waals surface area contributed by atoms with Crippen LogP contribution >= 0.6 is 15.9 Å². The predicted octanol–water partition coefficient (Wildman–Crippen LogP) is 3.08. The molecular formula is C15H20BrFN2O. The monoisotopic (exact) mass is 342 g/mol. The van der Waals surface area contributed by atoms with Crippen molar-refractivity contribution in [2.75, 3.05) is 0 Å². The number of benzene rings is 1. The van der Waals surface area contributed by atoms with Gasteiger partial charge in [-0.2, -0.15) is 0 Å². The smallest absolute Gasteiger partial charge is 0.254 e. The SMILES string of the molecule is CC1(C)C(N)C(C)(C)C1NC(=O)c1cccc(Br)c1F. The highest BCUT2D eigenvalue weighted by atomic mass is 79.9. The van der Waals surface area contributed by atoms with Gasteiger partial charge < -0.3 is 11.1 Å². The number of halogens is 2. The summed E-state index contributed by atoms with van der Waals surface area (Å²) in [5, 5.41) is 2.93. The molecule has 0 spiro atoms. The Morgan fingerprint density at radius 3 is 2.40 bits per heavy atom. The highest BCUT2D eigenvalue weighted by Crippen LogP contribution is 2.52. The van der Waals surface area contributed by atoms with Gasteiger partial charge in [-0.25, -0.2) is 4.39 Å². The van der Waals surface area contributed by atoms with Gasteiger partial charge in [-0.1, -0.05) is 33.8 Å². The van der Waals surface area contributed by atoms with Crippen molar-refractivity contribution in [3.8, 4) is 0 Å². The van der Waals surface area contributed by atoms with Gasteiger partial charge in [0.15, 0.2) is 0 Å². The molecule has 0 bridgehead atoms. The number of hydrogen-bond acceptors (Lipinski definition) is 2. The van der Waals surface area contributed by atoms with Gasteiger partial charge in [-0.05, 0) is 28.1 Å². The van der Waals surface area contributed by atoms with Gasteiger partial charge in [0.2, 0.25) is 0 Å². The van der Waals surface area contributed by atoms with Crippen molar-refractivity contribution in [3.05, 3.63) is 34.1 Å². The maximum absolute atomic E-state index is 14.0. The van der Waals surface area contributed by atoms with Crippen LogP contribution in [-0.4, -0.2) is 18.0 Å². The van der Waals surface area contributed by atoms with E-state index in [0.29, 0.717) is 0 Å². The van der Waals surface area contributed by atoms with E-state index in [4.69, 9.17) is 5.73 Å². The Morgan fingerprint density at radius 1 is 1.30 bits per heavy atom. The first-order chi connectivity index (χ1) is 9.10. The Morgan fingerprint density at radius 2 is 1.85 bits per heavy atom. The van der Waals surface area contributed by atoms with Crippen LogP contribution in [0, 0.1) is 16.6 Å². The van der Waals surface area contributed by atoms with Gasteiger partial charge in [-0.3, -0.25) is 4.79 Å². The van der Waals surface area contributed by atoms with Gasteiger partial charge in [0, 0.05) is 22.9 Å². The number of carbonyl (C=O) groups excluding carboxylic acids is 1. The summed E-state index contributed by atoms with van der Waals surface area (Å²) in [7, 11) is 0. The van der Waals surface area contributed by atoms with E-state index in [0.717, 1.165) is 0 Å². The minimum absolute atomic E-state index is 0.00680. The number of hydrogen-bond donors (Lipinski definition) is 2. The van der Waals surface area contributed by atoms with Crippen molar-refractivity contribution in [3.63, 3.8) is 0 Å². The molecule has 1 aliphatic rings. The highest BCUT2D eigenvalue weighted by Gasteiger charge is 2.60. The van der Waals surface area contributed by atoms with Crippen LogP contribution in [0.15, 0.2) is 22.7 Å². The maximum atomic E-state index is 14.0. The number of nitrogens with one attached hydrogen (secondary N) is 1. The number of carbonyl (C=O) groups is 1. The first-order valence-electron chi connectivity index (χ1n) is 6.60. The Kier molecular flexibility index (Phi) is 3.71. The van der Waals surface area contributed by atoms with E-state index >= 15 is 0 Å². The third-order valence-corrected chi connectivity index (χ3v) is 5.18. The normalized spacial score (nSPS) is 26.8. The summed E-state index contributed by atoms with van der Waals surface area (Å²) in [6, 6.07) is 4.60. The minimum Gasteiger partial charge on any atom is -0.348 e. The Bertz CT molecular complexity index is 541. The average molecular weight is 343 g/mol. The van der Waals surface area contributed by atoms with Gasteiger partial charge in [-0.15, -0.1) is 0 Å². The van der Waals surface area contributed by atoms with Crippen LogP contribution in [0.3, 0.4) is 0 Å². The molecule has 20 heavy (non-hydrogen) atoms. The summed E-state index contributed by atoms with van der Waals surface area (Å²) >= 11 is 3.09. The zero-order chi connectivity index (χ0) is 15.3. The number of amides is 1. The molecule has 1 amide bonds. The Hall–Kier alpha value is -0.940. The number of rotatable bonds is 2. The van der Waals surface area contributed by atoms with E-state index in [2.05, 4.69) is 21.2 Å². The van der Waals surface area contributed by atoms with Gasteiger partial charge >= 0.3 is 0 Å². The van der Waals surface area contributed by atoms with E-state index in [1.165, 1.54) is 6.07 Å². The summed E-state index contributed by atoms with van der Waals surface area (Å²) in [5.41, 5.74) is 5.79. The Balaban J connectivity index is 2.23. The van der Waals surface area contributed by atoms with Crippen molar-refractivity contribution >= 4 is 21.8 Å². The topological polar surface area (TPSA) is 55.1 Å². The van der Waals surface area contributed by atoms with E-state index < -0.39 is 11.7 Å². The summed E-state index contributed by atoms with van der Waals surface area (Å²) in [6.07, 6.45) is 0. The number of nitrogens with two attached hydrogens (primary N) is 1. The second-order valence-electron chi connectivity index (χ2n) is 6.63. The van der Waals surface area contributed by atoms with Crippen molar-refractivity contribution in [1.29, 1.82) is 0 Å². The standard InChI is InChI=1S/C15H20BrFN2O/c1-14(2)12(18)15(3,4)13(14)19-11(20)8-6-5-7-9(16)10(8)17/h5-7,12-13H,18H2,1-4H3,(H,19,20). The van der Waals surface area contributed by atoms with E-state index in [-0.39, 0.29) is 32.9 Å². The summed E-state index contributed by atoms with van der Waals surface area (Å²) in [5.74, 6) is -0.939. The average Bonchev–Trinajstić information content (AvgIpc) is 2.37. The molecule has 1 aromatic rings. The second kappa shape index (κ2) is 4.81. The first kappa shape index (κ1) is 15.4. The zero-order valence-electron chi connectivity index (χ0n) is 12.1. The van der Waals surface area contributed by atoms with Crippen LogP contribution in [0.5, 0.6) is 0 Å². The molecule has 0 radical (unpaired) electrons. The zero-order valence-corrected chi connectivity index (χ0v) is 13.7. The fraction of sp³-hybridized carbons (Fsp3) is 0.533.